The van der Waals surface area contributed by atoms with Crippen LogP contribution < -0.4 is 10.6 Å². The van der Waals surface area contributed by atoms with E-state index in [1.165, 1.54) is 0 Å². The number of nitrogens with one attached hydrogen (secondary N) is 2. The van der Waals surface area contributed by atoms with Crippen molar-refractivity contribution in [1.29, 1.82) is 0 Å². The number of rotatable bonds is 7. The fourth-order valence-corrected chi connectivity index (χ4v) is 2.54. The van der Waals surface area contributed by atoms with Gasteiger partial charge in [0.2, 0.25) is 0 Å². The second-order valence-corrected chi connectivity index (χ2v) is 6.82. The third-order valence-corrected chi connectivity index (χ3v) is 3.56. The van der Waals surface area contributed by atoms with Crippen LogP contribution in [-0.2, 0) is 9.47 Å². The summed E-state index contributed by atoms with van der Waals surface area (Å²) >= 11 is 0. The standard InChI is InChI=1S/C16H31N3O4/c1-5-22-14(20)18-9-11-19-10-7-13(12-19)6-8-17-15(21)23-16(2,3)4/h13H,5-12H2,1-4H3,(H,17,21)(H,18,20). The summed E-state index contributed by atoms with van der Waals surface area (Å²) in [5.41, 5.74) is -0.458. The molecule has 7 heteroatoms. The highest BCUT2D eigenvalue weighted by molar-refractivity contribution is 5.67. The highest BCUT2D eigenvalue weighted by atomic mass is 16.6. The number of likely N-dealkylation sites (tertiary alicyclic amines) is 1. The van der Waals surface area contributed by atoms with Gasteiger partial charge in [0.1, 0.15) is 5.60 Å². The van der Waals surface area contributed by atoms with Crippen molar-refractivity contribution in [1.82, 2.24) is 15.5 Å². The number of ether oxygens (including phenoxy) is 2. The van der Waals surface area contributed by atoms with E-state index >= 15 is 0 Å². The van der Waals surface area contributed by atoms with E-state index in [0.717, 1.165) is 32.5 Å². The van der Waals surface area contributed by atoms with E-state index in [4.69, 9.17) is 9.47 Å². The lowest BCUT2D eigenvalue weighted by Crippen LogP contribution is -2.35. The van der Waals surface area contributed by atoms with Crippen molar-refractivity contribution in [3.63, 3.8) is 0 Å². The van der Waals surface area contributed by atoms with E-state index in [2.05, 4.69) is 15.5 Å². The Morgan fingerprint density at radius 2 is 1.87 bits per heavy atom. The third-order valence-electron chi connectivity index (χ3n) is 3.56. The molecule has 0 spiro atoms. The highest BCUT2D eigenvalue weighted by Crippen LogP contribution is 2.18. The predicted molar refractivity (Wildman–Crippen MR) is 88.4 cm³/mol. The van der Waals surface area contributed by atoms with Gasteiger partial charge in [-0.1, -0.05) is 0 Å². The lowest BCUT2D eigenvalue weighted by molar-refractivity contribution is 0.0525. The quantitative estimate of drug-likeness (QED) is 0.746. The van der Waals surface area contributed by atoms with E-state index in [1.807, 2.05) is 20.8 Å². The number of amides is 2. The van der Waals surface area contributed by atoms with Crippen LogP contribution in [0.15, 0.2) is 0 Å². The molecule has 1 aliphatic rings. The number of nitrogens with zero attached hydrogens (tertiary/aromatic N) is 1. The second kappa shape index (κ2) is 9.60. The number of alkyl carbamates (subject to hydrolysis) is 2. The van der Waals surface area contributed by atoms with Crippen LogP contribution in [0.2, 0.25) is 0 Å². The van der Waals surface area contributed by atoms with Crippen molar-refractivity contribution in [3.05, 3.63) is 0 Å². The average Bonchev–Trinajstić information content (AvgIpc) is 2.85. The summed E-state index contributed by atoms with van der Waals surface area (Å²) in [7, 11) is 0. The number of hydrogen-bond donors (Lipinski definition) is 2. The van der Waals surface area contributed by atoms with Gasteiger partial charge in [0.15, 0.2) is 0 Å². The molecule has 0 aromatic rings. The molecule has 1 heterocycles. The van der Waals surface area contributed by atoms with Gasteiger partial charge in [-0.05, 0) is 53.0 Å². The normalized spacial score (nSPS) is 18.5. The molecule has 2 N–H and O–H groups in total. The first-order chi connectivity index (χ1) is 10.8. The van der Waals surface area contributed by atoms with Crippen LogP contribution in [0.4, 0.5) is 9.59 Å². The molecular weight excluding hydrogens is 298 g/mol. The van der Waals surface area contributed by atoms with Crippen LogP contribution in [0.3, 0.4) is 0 Å². The van der Waals surface area contributed by atoms with Gasteiger partial charge in [-0.2, -0.15) is 0 Å². The minimum absolute atomic E-state index is 0.356. The molecular formula is C16H31N3O4. The van der Waals surface area contributed by atoms with Crippen LogP contribution in [0.5, 0.6) is 0 Å². The molecule has 1 rings (SSSR count). The molecule has 7 nitrogen and oxygen atoms in total. The maximum atomic E-state index is 11.6. The fourth-order valence-electron chi connectivity index (χ4n) is 2.54. The lowest BCUT2D eigenvalue weighted by Gasteiger charge is -2.20. The summed E-state index contributed by atoms with van der Waals surface area (Å²) in [6, 6.07) is 0. The molecule has 0 aromatic heterocycles. The molecule has 1 fully saturated rings. The van der Waals surface area contributed by atoms with Gasteiger partial charge >= 0.3 is 12.2 Å². The lowest BCUT2D eigenvalue weighted by atomic mass is 10.1. The van der Waals surface area contributed by atoms with E-state index in [1.54, 1.807) is 6.92 Å². The van der Waals surface area contributed by atoms with Gasteiger partial charge in [0.05, 0.1) is 6.61 Å². The minimum Gasteiger partial charge on any atom is -0.450 e. The van der Waals surface area contributed by atoms with Gasteiger partial charge in [-0.15, -0.1) is 0 Å². The number of carbonyl (C=O) groups is 2. The Labute approximate surface area is 139 Å². The van der Waals surface area contributed by atoms with Crippen LogP contribution in [0, 0.1) is 5.92 Å². The van der Waals surface area contributed by atoms with E-state index in [-0.39, 0.29) is 12.2 Å². The Morgan fingerprint density at radius 3 is 2.52 bits per heavy atom. The van der Waals surface area contributed by atoms with Crippen molar-refractivity contribution in [2.45, 2.75) is 46.1 Å². The Hall–Kier alpha value is -1.50. The van der Waals surface area contributed by atoms with E-state index < -0.39 is 5.60 Å². The summed E-state index contributed by atoms with van der Waals surface area (Å²) < 4.78 is 10.0. The first-order valence-corrected chi connectivity index (χ1v) is 8.40. The van der Waals surface area contributed by atoms with Crippen molar-refractivity contribution in [3.8, 4) is 0 Å². The Balaban J connectivity index is 2.08. The Morgan fingerprint density at radius 1 is 1.17 bits per heavy atom. The monoisotopic (exact) mass is 329 g/mol. The van der Waals surface area contributed by atoms with E-state index in [9.17, 15) is 9.59 Å². The van der Waals surface area contributed by atoms with Gasteiger partial charge in [0, 0.05) is 26.2 Å². The fraction of sp³-hybridized carbons (Fsp3) is 0.875. The van der Waals surface area contributed by atoms with Gasteiger partial charge in [-0.25, -0.2) is 9.59 Å². The van der Waals surface area contributed by atoms with Crippen LogP contribution in [0.1, 0.15) is 40.5 Å². The van der Waals surface area contributed by atoms with Crippen LogP contribution in [0.25, 0.3) is 0 Å². The molecule has 0 bridgehead atoms. The minimum atomic E-state index is -0.458. The molecule has 2 amide bonds. The zero-order valence-electron chi connectivity index (χ0n) is 14.8. The molecule has 23 heavy (non-hydrogen) atoms. The zero-order chi connectivity index (χ0) is 17.3. The van der Waals surface area contributed by atoms with Crippen molar-refractivity contribution < 1.29 is 19.1 Å². The largest absolute Gasteiger partial charge is 0.450 e. The second-order valence-electron chi connectivity index (χ2n) is 6.82. The Bertz CT molecular complexity index is 382. The van der Waals surface area contributed by atoms with E-state index in [0.29, 0.717) is 25.6 Å². The number of hydrogen-bond acceptors (Lipinski definition) is 5. The molecule has 1 unspecified atom stereocenters. The van der Waals surface area contributed by atoms with Crippen molar-refractivity contribution >= 4 is 12.2 Å². The topological polar surface area (TPSA) is 79.9 Å². The molecule has 0 aliphatic carbocycles. The average molecular weight is 329 g/mol. The van der Waals surface area contributed by atoms with Crippen molar-refractivity contribution in [2.24, 2.45) is 5.92 Å². The smallest absolute Gasteiger partial charge is 0.407 e. The molecule has 134 valence electrons. The van der Waals surface area contributed by atoms with Crippen LogP contribution >= 0.6 is 0 Å². The molecule has 1 atom stereocenters. The first kappa shape index (κ1) is 19.5. The summed E-state index contributed by atoms with van der Waals surface area (Å²) in [5.74, 6) is 0.576. The first-order valence-electron chi connectivity index (χ1n) is 8.40. The maximum absolute atomic E-state index is 11.6. The molecule has 1 saturated heterocycles. The van der Waals surface area contributed by atoms with Crippen LogP contribution in [-0.4, -0.2) is 62.0 Å². The maximum Gasteiger partial charge on any atom is 0.407 e. The SMILES string of the molecule is CCOC(=O)NCCN1CCC(CCNC(=O)OC(C)(C)C)C1. The molecule has 0 radical (unpaired) electrons. The highest BCUT2D eigenvalue weighted by Gasteiger charge is 2.22. The molecule has 0 aromatic carbocycles. The number of carbonyl (C=O) groups excluding carboxylic acids is 2. The third kappa shape index (κ3) is 9.28. The van der Waals surface area contributed by atoms with Gasteiger partial charge in [-0.3, -0.25) is 0 Å². The summed E-state index contributed by atoms with van der Waals surface area (Å²) in [5, 5.41) is 5.53. The van der Waals surface area contributed by atoms with Crippen molar-refractivity contribution in [2.75, 3.05) is 39.3 Å². The molecule has 1 aliphatic heterocycles. The summed E-state index contributed by atoms with van der Waals surface area (Å²) in [6.45, 7) is 11.8. The van der Waals surface area contributed by atoms with Gasteiger partial charge in [0.25, 0.3) is 0 Å². The summed E-state index contributed by atoms with van der Waals surface area (Å²) in [4.78, 5) is 25.1. The summed E-state index contributed by atoms with van der Waals surface area (Å²) in [6.07, 6.45) is 1.35. The van der Waals surface area contributed by atoms with Gasteiger partial charge < -0.3 is 25.0 Å². The predicted octanol–water partition coefficient (Wildman–Crippen LogP) is 1.97. The molecule has 0 saturated carbocycles. The zero-order valence-corrected chi connectivity index (χ0v) is 14.8. The Kier molecular flexibility index (Phi) is 8.16.